The first-order valence-electron chi connectivity index (χ1n) is 9.69. The van der Waals surface area contributed by atoms with Crippen molar-refractivity contribution in [1.29, 1.82) is 0 Å². The van der Waals surface area contributed by atoms with Crippen molar-refractivity contribution in [3.63, 3.8) is 0 Å². The Morgan fingerprint density at radius 1 is 1.12 bits per heavy atom. The summed E-state index contributed by atoms with van der Waals surface area (Å²) in [5.41, 5.74) is 2.29. The van der Waals surface area contributed by atoms with Crippen LogP contribution in [0, 0.1) is 18.8 Å². The van der Waals surface area contributed by atoms with E-state index in [2.05, 4.69) is 43.9 Å². The van der Waals surface area contributed by atoms with E-state index in [9.17, 15) is 5.11 Å². The molecule has 4 rings (SSSR count). The van der Waals surface area contributed by atoms with Crippen LogP contribution in [-0.4, -0.2) is 83.8 Å². The summed E-state index contributed by atoms with van der Waals surface area (Å²) in [6, 6.07) is 0. The van der Waals surface area contributed by atoms with E-state index < -0.39 is 0 Å². The highest BCUT2D eigenvalue weighted by Gasteiger charge is 2.35. The highest BCUT2D eigenvalue weighted by molar-refractivity contribution is 7.18. The fourth-order valence-electron chi connectivity index (χ4n) is 4.33. The molecular formula is C19H29N5OS. The Morgan fingerprint density at radius 3 is 2.58 bits per heavy atom. The second-order valence-electron chi connectivity index (χ2n) is 7.64. The molecule has 0 radical (unpaired) electrons. The molecule has 2 aliphatic heterocycles. The number of anilines is 1. The van der Waals surface area contributed by atoms with Gasteiger partial charge in [0.05, 0.1) is 10.2 Å². The molecule has 1 N–H and O–H groups in total. The zero-order valence-electron chi connectivity index (χ0n) is 15.8. The summed E-state index contributed by atoms with van der Waals surface area (Å²) in [7, 11) is 0. The summed E-state index contributed by atoms with van der Waals surface area (Å²) in [6.07, 6.45) is 1.68. The van der Waals surface area contributed by atoms with E-state index in [-0.39, 0.29) is 6.61 Å². The molecule has 2 saturated heterocycles. The quantitative estimate of drug-likeness (QED) is 0.858. The van der Waals surface area contributed by atoms with Crippen molar-refractivity contribution >= 4 is 27.4 Å². The molecule has 7 heteroatoms. The molecule has 2 aromatic rings. The molecule has 0 saturated carbocycles. The van der Waals surface area contributed by atoms with Gasteiger partial charge in [-0.2, -0.15) is 0 Å². The first-order valence-corrected chi connectivity index (χ1v) is 10.6. The Hall–Kier alpha value is -1.28. The Bertz CT molecular complexity index is 743. The molecule has 0 bridgehead atoms. The normalized spacial score (nSPS) is 25.4. The van der Waals surface area contributed by atoms with Gasteiger partial charge < -0.3 is 19.8 Å². The van der Waals surface area contributed by atoms with Crippen molar-refractivity contribution < 1.29 is 5.11 Å². The van der Waals surface area contributed by atoms with Crippen molar-refractivity contribution in [2.45, 2.75) is 13.8 Å². The van der Waals surface area contributed by atoms with Crippen LogP contribution in [0.3, 0.4) is 0 Å². The number of aromatic nitrogens is 2. The molecule has 0 aromatic carbocycles. The molecule has 6 nitrogen and oxygen atoms in total. The van der Waals surface area contributed by atoms with Gasteiger partial charge in [0.15, 0.2) is 0 Å². The monoisotopic (exact) mass is 375 g/mol. The van der Waals surface area contributed by atoms with Gasteiger partial charge in [-0.05, 0) is 30.3 Å². The summed E-state index contributed by atoms with van der Waals surface area (Å²) in [5.74, 6) is 1.87. The van der Waals surface area contributed by atoms with Gasteiger partial charge in [-0.15, -0.1) is 11.3 Å². The summed E-state index contributed by atoms with van der Waals surface area (Å²) in [4.78, 5) is 16.5. The predicted octanol–water partition coefficient (Wildman–Crippen LogP) is 1.68. The highest BCUT2D eigenvalue weighted by Crippen LogP contribution is 2.35. The first-order chi connectivity index (χ1) is 12.7. The zero-order chi connectivity index (χ0) is 18.1. The van der Waals surface area contributed by atoms with Crippen molar-refractivity contribution in [3.8, 4) is 0 Å². The van der Waals surface area contributed by atoms with Crippen molar-refractivity contribution in [1.82, 2.24) is 19.8 Å². The molecule has 0 amide bonds. The minimum atomic E-state index is 0.258. The van der Waals surface area contributed by atoms with Crippen LogP contribution in [-0.2, 0) is 0 Å². The lowest BCUT2D eigenvalue weighted by Crippen LogP contribution is -2.48. The number of nitrogens with zero attached hydrogens (tertiary/aromatic N) is 5. The number of aliphatic hydroxyl groups excluding tert-OH is 1. The van der Waals surface area contributed by atoms with Gasteiger partial charge in [-0.25, -0.2) is 9.97 Å². The number of hydrogen-bond acceptors (Lipinski definition) is 7. The van der Waals surface area contributed by atoms with Crippen LogP contribution in [0.1, 0.15) is 12.5 Å². The molecule has 2 fully saturated rings. The van der Waals surface area contributed by atoms with Gasteiger partial charge in [0, 0.05) is 58.3 Å². The fraction of sp³-hybridized carbons (Fsp3) is 0.684. The number of aliphatic hydroxyl groups is 1. The Balaban J connectivity index is 1.47. The smallest absolute Gasteiger partial charge is 0.150 e. The molecule has 2 atom stereocenters. The average molecular weight is 376 g/mol. The SMILES string of the molecule is CCN1CCN(C[C@@H]2CN(c3ncnc4c(C)csc34)C[C@@H]2CO)CC1. The Labute approximate surface area is 159 Å². The lowest BCUT2D eigenvalue weighted by Gasteiger charge is -2.36. The van der Waals surface area contributed by atoms with Gasteiger partial charge in [0.2, 0.25) is 0 Å². The third kappa shape index (κ3) is 3.45. The molecular weight excluding hydrogens is 346 g/mol. The summed E-state index contributed by atoms with van der Waals surface area (Å²) < 4.78 is 1.18. The molecule has 142 valence electrons. The molecule has 4 heterocycles. The van der Waals surface area contributed by atoms with Crippen molar-refractivity contribution in [3.05, 3.63) is 17.3 Å². The van der Waals surface area contributed by atoms with Crippen LogP contribution in [0.4, 0.5) is 5.82 Å². The van der Waals surface area contributed by atoms with Gasteiger partial charge in [0.25, 0.3) is 0 Å². The topological polar surface area (TPSA) is 55.7 Å². The molecule has 2 aliphatic rings. The maximum atomic E-state index is 9.94. The van der Waals surface area contributed by atoms with E-state index in [1.165, 1.54) is 10.3 Å². The Kier molecular flexibility index (Phi) is 5.40. The number of rotatable bonds is 5. The second kappa shape index (κ2) is 7.76. The van der Waals surface area contributed by atoms with E-state index in [1.807, 2.05) is 0 Å². The molecule has 0 unspecified atom stereocenters. The summed E-state index contributed by atoms with van der Waals surface area (Å²) >= 11 is 1.73. The lowest BCUT2D eigenvalue weighted by atomic mass is 9.96. The third-order valence-electron chi connectivity index (χ3n) is 6.03. The minimum absolute atomic E-state index is 0.258. The first kappa shape index (κ1) is 18.1. The number of hydrogen-bond donors (Lipinski definition) is 1. The molecule has 0 aliphatic carbocycles. The number of aryl methyl sites for hydroxylation is 1. The van der Waals surface area contributed by atoms with Crippen molar-refractivity contribution in [2.24, 2.45) is 11.8 Å². The Morgan fingerprint density at radius 2 is 1.85 bits per heavy atom. The summed E-state index contributed by atoms with van der Waals surface area (Å²) in [5, 5.41) is 12.1. The van der Waals surface area contributed by atoms with E-state index >= 15 is 0 Å². The minimum Gasteiger partial charge on any atom is -0.396 e. The zero-order valence-corrected chi connectivity index (χ0v) is 16.6. The predicted molar refractivity (Wildman–Crippen MR) is 107 cm³/mol. The fourth-order valence-corrected chi connectivity index (χ4v) is 5.35. The summed E-state index contributed by atoms with van der Waals surface area (Å²) in [6.45, 7) is 13.3. The van der Waals surface area contributed by atoms with Crippen LogP contribution < -0.4 is 4.90 Å². The number of thiophene rings is 1. The lowest BCUT2D eigenvalue weighted by molar-refractivity contribution is 0.106. The van der Waals surface area contributed by atoms with Gasteiger partial charge in [-0.1, -0.05) is 6.92 Å². The third-order valence-corrected chi connectivity index (χ3v) is 7.11. The van der Waals surface area contributed by atoms with E-state index in [1.54, 1.807) is 17.7 Å². The van der Waals surface area contributed by atoms with E-state index in [0.29, 0.717) is 11.8 Å². The molecule has 2 aromatic heterocycles. The molecule has 0 spiro atoms. The molecule has 26 heavy (non-hydrogen) atoms. The number of piperazine rings is 1. The van der Waals surface area contributed by atoms with Gasteiger partial charge >= 0.3 is 0 Å². The maximum absolute atomic E-state index is 9.94. The van der Waals surface area contributed by atoms with Crippen LogP contribution in [0.15, 0.2) is 11.7 Å². The maximum Gasteiger partial charge on any atom is 0.150 e. The second-order valence-corrected chi connectivity index (χ2v) is 8.52. The van der Waals surface area contributed by atoms with Gasteiger partial charge in [-0.3, -0.25) is 0 Å². The largest absolute Gasteiger partial charge is 0.396 e. The standard InChI is InChI=1S/C19H29N5OS/c1-3-22-4-6-23(7-5-22)8-15-9-24(10-16(15)11-25)19-18-17(20-13-21-19)14(2)12-26-18/h12-13,15-16,25H,3-11H2,1-2H3/t15-,16-/m1/s1. The van der Waals surface area contributed by atoms with Crippen molar-refractivity contribution in [2.75, 3.05) is 63.9 Å². The van der Waals surface area contributed by atoms with Gasteiger partial charge in [0.1, 0.15) is 12.1 Å². The highest BCUT2D eigenvalue weighted by atomic mass is 32.1. The number of fused-ring (bicyclic) bond motifs is 1. The van der Waals surface area contributed by atoms with E-state index in [4.69, 9.17) is 0 Å². The van der Waals surface area contributed by atoms with Crippen LogP contribution in [0.25, 0.3) is 10.2 Å². The number of likely N-dealkylation sites (N-methyl/N-ethyl adjacent to an activating group) is 1. The van der Waals surface area contributed by atoms with Crippen LogP contribution in [0.5, 0.6) is 0 Å². The average Bonchev–Trinajstić information content (AvgIpc) is 3.26. The van der Waals surface area contributed by atoms with Crippen LogP contribution >= 0.6 is 11.3 Å². The van der Waals surface area contributed by atoms with Crippen LogP contribution in [0.2, 0.25) is 0 Å². The van der Waals surface area contributed by atoms with E-state index in [0.717, 1.165) is 63.7 Å².